The highest BCUT2D eigenvalue weighted by Crippen LogP contribution is 2.19. The Labute approximate surface area is 252 Å². The second-order valence-electron chi connectivity index (χ2n) is 10.1. The molecule has 228 valence electrons. The fourth-order valence-corrected chi connectivity index (χ4v) is 6.24. The zero-order chi connectivity index (χ0) is 29.4. The third-order valence-corrected chi connectivity index (χ3v) is 8.88. The zero-order valence-corrected chi connectivity index (χ0v) is 25.0. The lowest BCUT2D eigenvalue weighted by Crippen LogP contribution is -2.46. The first-order valence-corrected chi connectivity index (χ1v) is 15.1. The number of ether oxygens (including phenoxy) is 1. The van der Waals surface area contributed by atoms with E-state index in [1.54, 1.807) is 0 Å². The van der Waals surface area contributed by atoms with Crippen molar-refractivity contribution < 1.29 is 26.7 Å². The average molecular weight is 623 g/mol. The summed E-state index contributed by atoms with van der Waals surface area (Å²) >= 11 is 0. The molecular formula is C30H37ClF2N4O4S. The van der Waals surface area contributed by atoms with Crippen LogP contribution >= 0.6 is 12.4 Å². The van der Waals surface area contributed by atoms with Gasteiger partial charge in [-0.2, -0.15) is 4.31 Å². The third kappa shape index (κ3) is 9.03. The van der Waals surface area contributed by atoms with Crippen molar-refractivity contribution in [3.8, 4) is 0 Å². The van der Waals surface area contributed by atoms with Crippen molar-refractivity contribution in [1.82, 2.24) is 14.9 Å². The molecule has 3 aromatic rings. The number of carbonyl (C=O) groups excluding carboxylic acids is 1. The van der Waals surface area contributed by atoms with Crippen molar-refractivity contribution in [2.24, 2.45) is 5.73 Å². The first-order chi connectivity index (χ1) is 19.7. The first kappa shape index (κ1) is 33.6. The van der Waals surface area contributed by atoms with Gasteiger partial charge in [0.05, 0.1) is 10.5 Å². The molecule has 42 heavy (non-hydrogen) atoms. The van der Waals surface area contributed by atoms with Crippen LogP contribution < -0.4 is 16.4 Å². The molecule has 0 spiro atoms. The molecule has 12 heteroatoms. The second kappa shape index (κ2) is 15.5. The zero-order valence-electron chi connectivity index (χ0n) is 23.4. The van der Waals surface area contributed by atoms with Crippen LogP contribution in [0.3, 0.4) is 0 Å². The summed E-state index contributed by atoms with van der Waals surface area (Å²) in [4.78, 5) is 13.2. The number of hydrogen-bond acceptors (Lipinski definition) is 7. The number of piperazine rings is 1. The van der Waals surface area contributed by atoms with Crippen LogP contribution in [0.1, 0.15) is 34.0 Å². The van der Waals surface area contributed by atoms with Gasteiger partial charge in [-0.25, -0.2) is 22.0 Å². The quantitative estimate of drug-likeness (QED) is 0.265. The van der Waals surface area contributed by atoms with Crippen molar-refractivity contribution in [2.75, 3.05) is 32.7 Å². The highest BCUT2D eigenvalue weighted by Gasteiger charge is 2.28. The van der Waals surface area contributed by atoms with E-state index < -0.39 is 39.8 Å². The van der Waals surface area contributed by atoms with Gasteiger partial charge in [0.15, 0.2) is 0 Å². The summed E-state index contributed by atoms with van der Waals surface area (Å²) in [7, 11) is -3.78. The van der Waals surface area contributed by atoms with Crippen molar-refractivity contribution >= 4 is 28.4 Å². The number of nitrogens with one attached hydrogen (secondary N) is 2. The Morgan fingerprint density at radius 3 is 2.36 bits per heavy atom. The Kier molecular flexibility index (Phi) is 12.4. The molecule has 1 saturated heterocycles. The number of sulfonamides is 1. The molecule has 0 aromatic heterocycles. The van der Waals surface area contributed by atoms with Crippen LogP contribution in [0.4, 0.5) is 8.78 Å². The third-order valence-electron chi connectivity index (χ3n) is 6.99. The molecule has 0 amide bonds. The molecule has 1 fully saturated rings. The monoisotopic (exact) mass is 622 g/mol. The van der Waals surface area contributed by atoms with E-state index in [1.165, 1.54) is 46.3 Å². The van der Waals surface area contributed by atoms with Gasteiger partial charge in [-0.3, -0.25) is 0 Å². The van der Waals surface area contributed by atoms with E-state index in [9.17, 15) is 22.0 Å². The minimum atomic E-state index is -3.78. The normalized spacial score (nSPS) is 15.4. The fourth-order valence-electron chi connectivity index (χ4n) is 4.75. The largest absolute Gasteiger partial charge is 0.456 e. The van der Waals surface area contributed by atoms with Gasteiger partial charge in [0, 0.05) is 51.4 Å². The molecule has 0 aliphatic carbocycles. The first-order valence-electron chi connectivity index (χ1n) is 13.7. The lowest BCUT2D eigenvalue weighted by atomic mass is 10.0. The van der Waals surface area contributed by atoms with Crippen LogP contribution in [-0.4, -0.2) is 63.6 Å². The van der Waals surface area contributed by atoms with Gasteiger partial charge < -0.3 is 21.1 Å². The van der Waals surface area contributed by atoms with Gasteiger partial charge in [-0.15, -0.1) is 12.4 Å². The molecule has 1 aliphatic heterocycles. The number of benzene rings is 3. The Morgan fingerprint density at radius 1 is 1.00 bits per heavy atom. The predicted molar refractivity (Wildman–Crippen MR) is 160 cm³/mol. The van der Waals surface area contributed by atoms with Gasteiger partial charge >= 0.3 is 5.97 Å². The van der Waals surface area contributed by atoms with Crippen molar-refractivity contribution in [1.29, 1.82) is 0 Å². The van der Waals surface area contributed by atoms with Gasteiger partial charge in [0.25, 0.3) is 0 Å². The molecule has 1 heterocycles. The Balaban J connectivity index is 0.00000484. The van der Waals surface area contributed by atoms with Crippen LogP contribution in [0.2, 0.25) is 0 Å². The Hall–Kier alpha value is -2.93. The van der Waals surface area contributed by atoms with Crippen LogP contribution in [0.15, 0.2) is 71.6 Å². The molecule has 4 N–H and O–H groups in total. The molecule has 0 unspecified atom stereocenters. The predicted octanol–water partition coefficient (Wildman–Crippen LogP) is 3.43. The van der Waals surface area contributed by atoms with Gasteiger partial charge in [0.2, 0.25) is 10.0 Å². The van der Waals surface area contributed by atoms with E-state index >= 15 is 0 Å². The topological polar surface area (TPSA) is 114 Å². The van der Waals surface area contributed by atoms with Gasteiger partial charge in [0.1, 0.15) is 17.7 Å². The van der Waals surface area contributed by atoms with E-state index in [2.05, 4.69) is 23.6 Å². The second-order valence-corrected chi connectivity index (χ2v) is 12.0. The van der Waals surface area contributed by atoms with Crippen molar-refractivity contribution in [2.45, 2.75) is 43.4 Å². The van der Waals surface area contributed by atoms with E-state index in [0.717, 1.165) is 18.1 Å². The number of nitrogens with two attached hydrogens (primary N) is 1. The van der Waals surface area contributed by atoms with Crippen LogP contribution in [0, 0.1) is 11.6 Å². The lowest BCUT2D eigenvalue weighted by molar-refractivity contribution is 0.0238. The van der Waals surface area contributed by atoms with E-state index in [-0.39, 0.29) is 35.8 Å². The van der Waals surface area contributed by atoms with Crippen LogP contribution in [0.5, 0.6) is 0 Å². The molecule has 0 radical (unpaired) electrons. The summed E-state index contributed by atoms with van der Waals surface area (Å²) in [5.74, 6) is -2.20. The Bertz CT molecular complexity index is 1430. The smallest absolute Gasteiger partial charge is 0.338 e. The average Bonchev–Trinajstić information content (AvgIpc) is 2.96. The van der Waals surface area contributed by atoms with Gasteiger partial charge in [-0.1, -0.05) is 37.3 Å². The summed E-state index contributed by atoms with van der Waals surface area (Å²) in [6, 6.07) is 16.1. The molecule has 4 rings (SSSR count). The molecule has 1 aliphatic rings. The SMILES string of the molecule is CCc1cccc(CNC[C@@H](OC(=O)c2cccc(S(=O)(=O)N3CCNCC3)c2)[C@@H](N)Cc2cc(F)cc(F)c2)c1.Cl. The van der Waals surface area contributed by atoms with Crippen molar-refractivity contribution in [3.63, 3.8) is 0 Å². The van der Waals surface area contributed by atoms with Gasteiger partial charge in [-0.05, 0) is 59.9 Å². The summed E-state index contributed by atoms with van der Waals surface area (Å²) in [6.45, 7) is 4.49. The summed E-state index contributed by atoms with van der Waals surface area (Å²) in [5, 5.41) is 6.38. The number of esters is 1. The number of halogens is 3. The number of hydrogen-bond donors (Lipinski definition) is 3. The summed E-state index contributed by atoms with van der Waals surface area (Å²) < 4.78 is 61.0. The maximum Gasteiger partial charge on any atom is 0.338 e. The maximum absolute atomic E-state index is 13.8. The number of rotatable bonds is 12. The summed E-state index contributed by atoms with van der Waals surface area (Å²) in [6.07, 6.45) is 0.0699. The highest BCUT2D eigenvalue weighted by molar-refractivity contribution is 7.89. The van der Waals surface area contributed by atoms with Crippen LogP contribution in [-0.2, 0) is 34.1 Å². The summed E-state index contributed by atoms with van der Waals surface area (Å²) in [5.41, 5.74) is 9.05. The van der Waals surface area contributed by atoms with E-state index in [0.29, 0.717) is 38.3 Å². The standard InChI is InChI=1S/C30H36F2N4O4S.ClH/c1-2-21-5-3-6-22(13-21)19-35-20-29(28(33)16-23-14-25(31)18-26(32)15-23)40-30(37)24-7-4-8-27(17-24)41(38,39)36-11-9-34-10-12-36;/h3-8,13-15,17-18,28-29,34-35H,2,9-12,16,19-20,33H2,1H3;1H/t28-,29+;/m0./s1. The van der Waals surface area contributed by atoms with E-state index in [4.69, 9.17) is 10.5 Å². The lowest BCUT2D eigenvalue weighted by Gasteiger charge is -2.27. The maximum atomic E-state index is 13.8. The minimum Gasteiger partial charge on any atom is -0.456 e. The fraction of sp³-hybridized carbons (Fsp3) is 0.367. The highest BCUT2D eigenvalue weighted by atomic mass is 35.5. The number of aryl methyl sites for hydroxylation is 1. The number of nitrogens with zero attached hydrogens (tertiary/aromatic N) is 1. The molecule has 0 bridgehead atoms. The molecule has 0 saturated carbocycles. The molecule has 3 aromatic carbocycles. The Morgan fingerprint density at radius 2 is 1.67 bits per heavy atom. The van der Waals surface area contributed by atoms with Crippen molar-refractivity contribution in [3.05, 3.63) is 101 Å². The molecule has 8 nitrogen and oxygen atoms in total. The molecular weight excluding hydrogens is 586 g/mol. The van der Waals surface area contributed by atoms with Crippen LogP contribution in [0.25, 0.3) is 0 Å². The molecule has 2 atom stereocenters. The van der Waals surface area contributed by atoms with E-state index in [1.807, 2.05) is 18.2 Å². The number of carbonyl (C=O) groups is 1. The minimum absolute atomic E-state index is 0.